The first-order valence-electron chi connectivity index (χ1n) is 4.87. The van der Waals surface area contributed by atoms with Gasteiger partial charge in [-0.1, -0.05) is 12.7 Å². The lowest BCUT2D eigenvalue weighted by molar-refractivity contribution is -0.143. The van der Waals surface area contributed by atoms with E-state index in [1.54, 1.807) is 0 Å². The highest BCUT2D eigenvalue weighted by Crippen LogP contribution is 2.22. The van der Waals surface area contributed by atoms with Gasteiger partial charge in [0.05, 0.1) is 0 Å². The van der Waals surface area contributed by atoms with E-state index >= 15 is 0 Å². The van der Waals surface area contributed by atoms with E-state index in [0.29, 0.717) is 6.42 Å². The van der Waals surface area contributed by atoms with Gasteiger partial charge in [0, 0.05) is 6.04 Å². The minimum Gasteiger partial charge on any atom is -0.480 e. The molecule has 0 aromatic carbocycles. The van der Waals surface area contributed by atoms with E-state index in [-0.39, 0.29) is 6.04 Å². The molecule has 0 spiro atoms. The summed E-state index contributed by atoms with van der Waals surface area (Å²) < 4.78 is 0. The first-order chi connectivity index (χ1) is 6.11. The lowest BCUT2D eigenvalue weighted by atomic mass is 9.87. The zero-order valence-electron chi connectivity index (χ0n) is 8.05. The van der Waals surface area contributed by atoms with Crippen LogP contribution in [0.25, 0.3) is 0 Å². The van der Waals surface area contributed by atoms with E-state index in [2.05, 4.69) is 13.2 Å². The third-order valence-electron chi connectivity index (χ3n) is 2.80. The van der Waals surface area contributed by atoms with E-state index in [0.717, 1.165) is 25.7 Å². The molecule has 1 fully saturated rings. The zero-order valence-corrected chi connectivity index (χ0v) is 8.05. The van der Waals surface area contributed by atoms with E-state index in [1.165, 1.54) is 0 Å². The van der Waals surface area contributed by atoms with E-state index in [9.17, 15) is 4.79 Å². The molecule has 0 aromatic heterocycles. The van der Waals surface area contributed by atoms with Gasteiger partial charge in [0.2, 0.25) is 0 Å². The van der Waals surface area contributed by atoms with Gasteiger partial charge in [-0.3, -0.25) is 4.79 Å². The van der Waals surface area contributed by atoms with Gasteiger partial charge in [-0.15, -0.1) is 0 Å². The molecule has 0 amide bonds. The number of nitrogens with two attached hydrogens (primary N) is 1. The molecule has 4 nitrogen and oxygen atoms in total. The minimum absolute atomic E-state index is 0.0510. The maximum absolute atomic E-state index is 10.9. The number of hydrogen-bond acceptors (Lipinski definition) is 3. The maximum atomic E-state index is 10.9. The summed E-state index contributed by atoms with van der Waals surface area (Å²) in [7, 11) is 2.09. The molecule has 5 heteroatoms. The second-order valence-electron chi connectivity index (χ2n) is 3.74. The Bertz CT molecular complexity index is 201. The Labute approximate surface area is 79.3 Å². The van der Waals surface area contributed by atoms with Crippen LogP contribution in [0.15, 0.2) is 0 Å². The fourth-order valence-corrected chi connectivity index (χ4v) is 1.83. The number of carboxylic acids is 1. The monoisotopic (exact) mass is 184 g/mol. The highest BCUT2D eigenvalue weighted by molar-refractivity contribution is 6.08. The highest BCUT2D eigenvalue weighted by atomic mass is 16.4. The summed E-state index contributed by atoms with van der Waals surface area (Å²) in [5.41, 5.74) is 4.79. The van der Waals surface area contributed by atoms with E-state index in [4.69, 9.17) is 10.8 Å². The SMILES string of the molecule is BCCCC1NCC[C@@]1(N)C(=O)O. The van der Waals surface area contributed by atoms with E-state index in [1.807, 2.05) is 0 Å². The molecule has 13 heavy (non-hydrogen) atoms. The maximum Gasteiger partial charge on any atom is 0.325 e. The quantitative estimate of drug-likeness (QED) is 0.488. The summed E-state index contributed by atoms with van der Waals surface area (Å²) in [5.74, 6) is -0.876. The van der Waals surface area contributed by atoms with Crippen molar-refractivity contribution in [3.05, 3.63) is 0 Å². The predicted octanol–water partition coefficient (Wildman–Crippen LogP) is -1.04. The molecule has 1 saturated heterocycles. The van der Waals surface area contributed by atoms with Crippen LogP contribution in [-0.4, -0.2) is 37.0 Å². The van der Waals surface area contributed by atoms with Crippen molar-refractivity contribution in [3.63, 3.8) is 0 Å². The fourth-order valence-electron chi connectivity index (χ4n) is 1.83. The molecule has 74 valence electrons. The number of hydrogen-bond donors (Lipinski definition) is 3. The van der Waals surface area contributed by atoms with E-state index < -0.39 is 11.5 Å². The molecule has 1 aliphatic heterocycles. The average molecular weight is 184 g/mol. The molecular weight excluding hydrogens is 167 g/mol. The topological polar surface area (TPSA) is 75.3 Å². The Hall–Kier alpha value is -0.545. The van der Waals surface area contributed by atoms with Gasteiger partial charge in [-0.05, 0) is 19.4 Å². The standard InChI is InChI=1S/C8H17BN2O2/c9-4-1-2-6-8(10,7(12)13)3-5-11-6/h6,11H,1-5,9-10H2,(H,12,13)/t6?,8-/m0/s1. The van der Waals surface area contributed by atoms with Crippen molar-refractivity contribution in [1.29, 1.82) is 0 Å². The largest absolute Gasteiger partial charge is 0.480 e. The molecule has 0 bridgehead atoms. The van der Waals surface area contributed by atoms with Gasteiger partial charge in [0.25, 0.3) is 0 Å². The zero-order chi connectivity index (χ0) is 9.90. The van der Waals surface area contributed by atoms with Crippen molar-refractivity contribution in [3.8, 4) is 0 Å². The van der Waals surface area contributed by atoms with Gasteiger partial charge in [-0.25, -0.2) is 0 Å². The second kappa shape index (κ2) is 4.11. The molecular formula is C8H17BN2O2. The lowest BCUT2D eigenvalue weighted by Crippen LogP contribution is -2.56. The number of carboxylic acid groups (broad SMARTS) is 1. The number of nitrogens with one attached hydrogen (secondary N) is 1. The third-order valence-corrected chi connectivity index (χ3v) is 2.80. The Balaban J connectivity index is 2.57. The fraction of sp³-hybridized carbons (Fsp3) is 0.875. The first-order valence-corrected chi connectivity index (χ1v) is 4.87. The third kappa shape index (κ3) is 2.03. The summed E-state index contributed by atoms with van der Waals surface area (Å²) in [6.07, 6.45) is 3.51. The van der Waals surface area contributed by atoms with Gasteiger partial charge in [-0.2, -0.15) is 0 Å². The van der Waals surface area contributed by atoms with Crippen LogP contribution in [-0.2, 0) is 4.79 Å². The summed E-state index contributed by atoms with van der Waals surface area (Å²) in [4.78, 5) is 10.9. The van der Waals surface area contributed by atoms with Gasteiger partial charge in [0.1, 0.15) is 13.4 Å². The second-order valence-corrected chi connectivity index (χ2v) is 3.74. The molecule has 2 atom stereocenters. The predicted molar refractivity (Wildman–Crippen MR) is 53.5 cm³/mol. The van der Waals surface area contributed by atoms with Crippen molar-refractivity contribution in [1.82, 2.24) is 5.32 Å². The summed E-state index contributed by atoms with van der Waals surface area (Å²) >= 11 is 0. The van der Waals surface area contributed by atoms with Crippen molar-refractivity contribution >= 4 is 13.8 Å². The molecule has 0 aromatic rings. The van der Waals surface area contributed by atoms with Crippen LogP contribution in [0.2, 0.25) is 6.32 Å². The van der Waals surface area contributed by atoms with Crippen molar-refractivity contribution in [2.24, 2.45) is 5.73 Å². The van der Waals surface area contributed by atoms with Crippen LogP contribution in [0.3, 0.4) is 0 Å². The first kappa shape index (κ1) is 10.5. The summed E-state index contributed by atoms with van der Waals surface area (Å²) in [5, 5.41) is 12.1. The van der Waals surface area contributed by atoms with Crippen LogP contribution in [0.5, 0.6) is 0 Å². The lowest BCUT2D eigenvalue weighted by Gasteiger charge is -2.26. The normalized spacial score (nSPS) is 33.5. The highest BCUT2D eigenvalue weighted by Gasteiger charge is 2.45. The molecule has 1 aliphatic rings. The van der Waals surface area contributed by atoms with Crippen LogP contribution in [0.4, 0.5) is 0 Å². The molecule has 1 rings (SSSR count). The molecule has 1 heterocycles. The van der Waals surface area contributed by atoms with Crippen molar-refractivity contribution in [2.45, 2.75) is 37.2 Å². The van der Waals surface area contributed by atoms with Crippen LogP contribution in [0, 0.1) is 0 Å². The van der Waals surface area contributed by atoms with Crippen LogP contribution < -0.4 is 11.1 Å². The molecule has 0 saturated carbocycles. The van der Waals surface area contributed by atoms with Gasteiger partial charge < -0.3 is 16.2 Å². The average Bonchev–Trinajstić information content (AvgIpc) is 2.45. The number of aliphatic carboxylic acids is 1. The van der Waals surface area contributed by atoms with Crippen molar-refractivity contribution < 1.29 is 9.90 Å². The molecule has 4 N–H and O–H groups in total. The van der Waals surface area contributed by atoms with Crippen molar-refractivity contribution in [2.75, 3.05) is 6.54 Å². The number of carbonyl (C=O) groups is 1. The van der Waals surface area contributed by atoms with Gasteiger partial charge in [0.15, 0.2) is 0 Å². The Morgan fingerprint density at radius 2 is 2.46 bits per heavy atom. The Morgan fingerprint density at radius 3 is 3.00 bits per heavy atom. The molecule has 1 unspecified atom stereocenters. The Morgan fingerprint density at radius 1 is 1.77 bits per heavy atom. The summed E-state index contributed by atoms with van der Waals surface area (Å²) in [6, 6.07) is -0.0510. The minimum atomic E-state index is -1.03. The van der Waals surface area contributed by atoms with Crippen LogP contribution >= 0.6 is 0 Å². The molecule has 0 aliphatic carbocycles. The van der Waals surface area contributed by atoms with Crippen LogP contribution in [0.1, 0.15) is 19.3 Å². The van der Waals surface area contributed by atoms with Gasteiger partial charge >= 0.3 is 5.97 Å². The molecule has 0 radical (unpaired) electrons. The number of rotatable bonds is 4. The summed E-state index contributed by atoms with van der Waals surface area (Å²) in [6.45, 7) is 0.719. The Kier molecular flexibility index (Phi) is 3.33. The smallest absolute Gasteiger partial charge is 0.325 e.